The van der Waals surface area contributed by atoms with Gasteiger partial charge in [0, 0.05) is 19.5 Å². The second-order valence-electron chi connectivity index (χ2n) is 4.48. The lowest BCUT2D eigenvalue weighted by Crippen LogP contribution is -2.30. The third-order valence-electron chi connectivity index (χ3n) is 3.30. The Balaban J connectivity index is 2.21. The Morgan fingerprint density at radius 3 is 2.81 bits per heavy atom. The molecule has 0 aromatic heterocycles. The Hall–Kier alpha value is -0.830. The molecule has 0 atom stereocenters. The van der Waals surface area contributed by atoms with Crippen molar-refractivity contribution in [1.82, 2.24) is 10.6 Å². The van der Waals surface area contributed by atoms with Crippen LogP contribution in [0, 0.1) is 5.92 Å². The highest BCUT2D eigenvalue weighted by molar-refractivity contribution is 5.76. The second kappa shape index (κ2) is 7.44. The highest BCUT2D eigenvalue weighted by atomic mass is 16.1. The molecular formula is C13H24N2O. The van der Waals surface area contributed by atoms with Crippen molar-refractivity contribution in [2.45, 2.75) is 39.5 Å². The van der Waals surface area contributed by atoms with E-state index < -0.39 is 0 Å². The largest absolute Gasteiger partial charge is 0.352 e. The van der Waals surface area contributed by atoms with Gasteiger partial charge in [-0.3, -0.25) is 4.79 Å². The van der Waals surface area contributed by atoms with Crippen LogP contribution in [-0.2, 0) is 4.79 Å². The molecule has 1 rings (SSSR count). The number of nitrogens with one attached hydrogen (secondary N) is 2. The van der Waals surface area contributed by atoms with Gasteiger partial charge >= 0.3 is 0 Å². The van der Waals surface area contributed by atoms with E-state index in [0.29, 0.717) is 12.3 Å². The summed E-state index contributed by atoms with van der Waals surface area (Å²) in [5.41, 5.74) is 1.36. The molecule has 3 heteroatoms. The molecule has 16 heavy (non-hydrogen) atoms. The molecule has 0 radical (unpaired) electrons. The zero-order valence-electron chi connectivity index (χ0n) is 10.5. The van der Waals surface area contributed by atoms with Crippen LogP contribution in [0.4, 0.5) is 0 Å². The van der Waals surface area contributed by atoms with Crippen LogP contribution < -0.4 is 10.6 Å². The normalized spacial score (nSPS) is 16.1. The maximum absolute atomic E-state index is 11.7. The van der Waals surface area contributed by atoms with Crippen LogP contribution in [0.5, 0.6) is 0 Å². The van der Waals surface area contributed by atoms with Gasteiger partial charge < -0.3 is 10.6 Å². The molecule has 1 amide bonds. The van der Waals surface area contributed by atoms with Crippen LogP contribution >= 0.6 is 0 Å². The van der Waals surface area contributed by atoms with Crippen molar-refractivity contribution < 1.29 is 4.79 Å². The fourth-order valence-corrected chi connectivity index (χ4v) is 1.95. The molecule has 0 fully saturated rings. The summed E-state index contributed by atoms with van der Waals surface area (Å²) in [6, 6.07) is 0. The summed E-state index contributed by atoms with van der Waals surface area (Å²) in [7, 11) is 0. The summed E-state index contributed by atoms with van der Waals surface area (Å²) in [5, 5.41) is 6.28. The number of hydrogen-bond acceptors (Lipinski definition) is 2. The molecule has 1 aliphatic heterocycles. The van der Waals surface area contributed by atoms with Gasteiger partial charge in [-0.25, -0.2) is 0 Å². The van der Waals surface area contributed by atoms with Gasteiger partial charge in [-0.1, -0.05) is 38.3 Å². The molecule has 0 aromatic carbocycles. The molecule has 3 nitrogen and oxygen atoms in total. The first kappa shape index (κ1) is 13.2. The van der Waals surface area contributed by atoms with E-state index in [1.54, 1.807) is 0 Å². The first-order valence-corrected chi connectivity index (χ1v) is 6.41. The Morgan fingerprint density at radius 2 is 2.25 bits per heavy atom. The molecule has 0 bridgehead atoms. The quantitative estimate of drug-likeness (QED) is 0.676. The maximum Gasteiger partial charge on any atom is 0.220 e. The number of amides is 1. The number of carbonyl (C=O) groups is 1. The van der Waals surface area contributed by atoms with Crippen molar-refractivity contribution in [2.24, 2.45) is 5.92 Å². The molecule has 0 aromatic rings. The topological polar surface area (TPSA) is 41.1 Å². The van der Waals surface area contributed by atoms with Gasteiger partial charge in [0.1, 0.15) is 0 Å². The molecule has 0 saturated heterocycles. The number of rotatable bonds is 6. The summed E-state index contributed by atoms with van der Waals surface area (Å²) in [6.07, 6.45) is 6.11. The van der Waals surface area contributed by atoms with Crippen LogP contribution in [0.1, 0.15) is 39.5 Å². The van der Waals surface area contributed by atoms with E-state index in [-0.39, 0.29) is 5.91 Å². The van der Waals surface area contributed by atoms with Gasteiger partial charge in [-0.2, -0.15) is 0 Å². The van der Waals surface area contributed by atoms with Crippen LogP contribution in [0.3, 0.4) is 0 Å². The molecule has 0 spiro atoms. The van der Waals surface area contributed by atoms with E-state index in [1.807, 2.05) is 0 Å². The minimum absolute atomic E-state index is 0.202. The average molecular weight is 224 g/mol. The maximum atomic E-state index is 11.7. The summed E-state index contributed by atoms with van der Waals surface area (Å²) in [6.45, 7) is 7.01. The van der Waals surface area contributed by atoms with Crippen LogP contribution in [0.2, 0.25) is 0 Å². The van der Waals surface area contributed by atoms with Gasteiger partial charge in [0.25, 0.3) is 0 Å². The van der Waals surface area contributed by atoms with Crippen LogP contribution in [0.25, 0.3) is 0 Å². The smallest absolute Gasteiger partial charge is 0.220 e. The van der Waals surface area contributed by atoms with E-state index in [1.165, 1.54) is 5.57 Å². The minimum Gasteiger partial charge on any atom is -0.352 e. The first-order valence-electron chi connectivity index (χ1n) is 6.41. The zero-order valence-corrected chi connectivity index (χ0v) is 10.5. The van der Waals surface area contributed by atoms with Crippen molar-refractivity contribution in [1.29, 1.82) is 0 Å². The van der Waals surface area contributed by atoms with E-state index in [4.69, 9.17) is 0 Å². The van der Waals surface area contributed by atoms with Crippen LogP contribution in [-0.4, -0.2) is 25.5 Å². The molecule has 92 valence electrons. The Bertz CT molecular complexity index is 244. The predicted molar refractivity (Wildman–Crippen MR) is 67.3 cm³/mol. The van der Waals surface area contributed by atoms with Gasteiger partial charge in [0.05, 0.1) is 0 Å². The SMILES string of the molecule is CCC(CC)CC(=O)NCC1=CCNCC1. The lowest BCUT2D eigenvalue weighted by Gasteiger charge is -2.16. The van der Waals surface area contributed by atoms with Gasteiger partial charge in [0.15, 0.2) is 0 Å². The molecule has 0 aliphatic carbocycles. The fraction of sp³-hybridized carbons (Fsp3) is 0.769. The first-order chi connectivity index (χ1) is 7.76. The molecule has 0 saturated carbocycles. The monoisotopic (exact) mass is 224 g/mol. The predicted octanol–water partition coefficient (Wildman–Crippen LogP) is 1.85. The summed E-state index contributed by atoms with van der Waals surface area (Å²) >= 11 is 0. The van der Waals surface area contributed by atoms with E-state index in [2.05, 4.69) is 30.6 Å². The Morgan fingerprint density at radius 1 is 1.50 bits per heavy atom. The minimum atomic E-state index is 0.202. The number of carbonyl (C=O) groups excluding carboxylic acids is 1. The van der Waals surface area contributed by atoms with Crippen molar-refractivity contribution in [2.75, 3.05) is 19.6 Å². The van der Waals surface area contributed by atoms with E-state index in [9.17, 15) is 4.79 Å². The lowest BCUT2D eigenvalue weighted by atomic mass is 9.99. The standard InChI is InChI=1S/C13H24N2O/c1-3-11(4-2)9-13(16)15-10-12-5-7-14-8-6-12/h5,11,14H,3-4,6-10H2,1-2H3,(H,15,16). The van der Waals surface area contributed by atoms with E-state index in [0.717, 1.165) is 38.9 Å². The Labute approximate surface area is 98.7 Å². The summed E-state index contributed by atoms with van der Waals surface area (Å²) < 4.78 is 0. The zero-order chi connectivity index (χ0) is 11.8. The van der Waals surface area contributed by atoms with Crippen LogP contribution in [0.15, 0.2) is 11.6 Å². The molecule has 1 aliphatic rings. The highest BCUT2D eigenvalue weighted by Crippen LogP contribution is 2.12. The third-order valence-corrected chi connectivity index (χ3v) is 3.30. The van der Waals surface area contributed by atoms with E-state index >= 15 is 0 Å². The van der Waals surface area contributed by atoms with Gasteiger partial charge in [-0.15, -0.1) is 0 Å². The highest BCUT2D eigenvalue weighted by Gasteiger charge is 2.10. The second-order valence-corrected chi connectivity index (χ2v) is 4.48. The van der Waals surface area contributed by atoms with Crippen molar-refractivity contribution in [3.8, 4) is 0 Å². The van der Waals surface area contributed by atoms with Crippen molar-refractivity contribution in [3.05, 3.63) is 11.6 Å². The van der Waals surface area contributed by atoms with Gasteiger partial charge in [-0.05, 0) is 18.9 Å². The Kier molecular flexibility index (Phi) is 6.16. The molecule has 0 unspecified atom stereocenters. The summed E-state index contributed by atoms with van der Waals surface area (Å²) in [5.74, 6) is 0.745. The summed E-state index contributed by atoms with van der Waals surface area (Å²) in [4.78, 5) is 11.7. The molecular weight excluding hydrogens is 200 g/mol. The lowest BCUT2D eigenvalue weighted by molar-refractivity contribution is -0.121. The fourth-order valence-electron chi connectivity index (χ4n) is 1.95. The average Bonchev–Trinajstić information content (AvgIpc) is 2.34. The molecule has 2 N–H and O–H groups in total. The third kappa shape index (κ3) is 4.79. The number of hydrogen-bond donors (Lipinski definition) is 2. The molecule has 1 heterocycles. The van der Waals surface area contributed by atoms with Crippen molar-refractivity contribution in [3.63, 3.8) is 0 Å². The van der Waals surface area contributed by atoms with Crippen molar-refractivity contribution >= 4 is 5.91 Å². The van der Waals surface area contributed by atoms with Gasteiger partial charge in [0.2, 0.25) is 5.91 Å².